The SMILES string of the molecule is O=C(O)C1CCC(O)CC1COOC1CCC(C2CCC(OC(=O)C3CC(O)CCC3C(=O)O)CC2)CC1. The van der Waals surface area contributed by atoms with Crippen molar-refractivity contribution >= 4 is 17.9 Å². The van der Waals surface area contributed by atoms with Gasteiger partial charge in [0.25, 0.3) is 0 Å². The first-order valence-corrected chi connectivity index (χ1v) is 14.5. The zero-order valence-corrected chi connectivity index (χ0v) is 22.1. The molecule has 0 amide bonds. The van der Waals surface area contributed by atoms with E-state index in [2.05, 4.69) is 0 Å². The van der Waals surface area contributed by atoms with Gasteiger partial charge in [0.1, 0.15) is 6.10 Å². The van der Waals surface area contributed by atoms with E-state index in [-0.39, 0.29) is 31.2 Å². The summed E-state index contributed by atoms with van der Waals surface area (Å²) < 4.78 is 5.73. The molecule has 4 fully saturated rings. The monoisotopic (exact) mass is 540 g/mol. The van der Waals surface area contributed by atoms with Crippen LogP contribution in [0.3, 0.4) is 0 Å². The number of esters is 1. The molecule has 10 heteroatoms. The van der Waals surface area contributed by atoms with Crippen molar-refractivity contribution in [3.63, 3.8) is 0 Å². The molecule has 0 heterocycles. The normalized spacial score (nSPS) is 40.3. The zero-order valence-electron chi connectivity index (χ0n) is 22.1. The number of hydrogen-bond donors (Lipinski definition) is 4. The number of carboxylic acid groups (broad SMARTS) is 2. The Morgan fingerprint density at radius 3 is 1.71 bits per heavy atom. The molecule has 0 saturated heterocycles. The Bertz CT molecular complexity index is 801. The van der Waals surface area contributed by atoms with Gasteiger partial charge in [-0.05, 0) is 102 Å². The Morgan fingerprint density at radius 2 is 1.13 bits per heavy atom. The average molecular weight is 541 g/mol. The minimum atomic E-state index is -0.996. The molecule has 6 unspecified atom stereocenters. The molecule has 6 atom stereocenters. The number of carboxylic acids is 2. The molecule has 4 rings (SSSR count). The van der Waals surface area contributed by atoms with Gasteiger partial charge < -0.3 is 25.2 Å². The molecular formula is C28H44O10. The van der Waals surface area contributed by atoms with Gasteiger partial charge in [-0.25, -0.2) is 9.78 Å². The summed E-state index contributed by atoms with van der Waals surface area (Å²) in [6.07, 6.45) is 8.27. The third-order valence-electron chi connectivity index (χ3n) is 9.59. The summed E-state index contributed by atoms with van der Waals surface area (Å²) >= 11 is 0. The lowest BCUT2D eigenvalue weighted by Gasteiger charge is -2.38. The summed E-state index contributed by atoms with van der Waals surface area (Å²) in [6, 6.07) is 0. The minimum absolute atomic E-state index is 0.00615. The van der Waals surface area contributed by atoms with Gasteiger partial charge in [0.05, 0.1) is 42.7 Å². The molecule has 0 aromatic heterocycles. The van der Waals surface area contributed by atoms with Crippen molar-refractivity contribution in [2.24, 2.45) is 35.5 Å². The van der Waals surface area contributed by atoms with Crippen LogP contribution in [0, 0.1) is 35.5 Å². The van der Waals surface area contributed by atoms with E-state index in [1.807, 2.05) is 0 Å². The maximum atomic E-state index is 12.7. The third-order valence-corrected chi connectivity index (χ3v) is 9.59. The second kappa shape index (κ2) is 13.5. The molecule has 10 nitrogen and oxygen atoms in total. The lowest BCUT2D eigenvalue weighted by atomic mass is 9.72. The van der Waals surface area contributed by atoms with E-state index in [1.54, 1.807) is 0 Å². The van der Waals surface area contributed by atoms with Crippen LogP contribution in [-0.4, -0.2) is 69.4 Å². The van der Waals surface area contributed by atoms with Crippen molar-refractivity contribution in [2.45, 2.75) is 114 Å². The van der Waals surface area contributed by atoms with E-state index < -0.39 is 47.9 Å². The molecule has 0 aliphatic heterocycles. The van der Waals surface area contributed by atoms with Gasteiger partial charge >= 0.3 is 17.9 Å². The lowest BCUT2D eigenvalue weighted by Crippen LogP contribution is -2.40. The van der Waals surface area contributed by atoms with Crippen molar-refractivity contribution in [3.05, 3.63) is 0 Å². The van der Waals surface area contributed by atoms with E-state index in [1.165, 1.54) is 0 Å². The van der Waals surface area contributed by atoms with Crippen LogP contribution in [0.4, 0.5) is 0 Å². The van der Waals surface area contributed by atoms with Crippen LogP contribution in [0.2, 0.25) is 0 Å². The molecule has 216 valence electrons. The van der Waals surface area contributed by atoms with Gasteiger partial charge in [-0.3, -0.25) is 14.4 Å². The molecule has 4 N–H and O–H groups in total. The summed E-state index contributed by atoms with van der Waals surface area (Å²) in [5.41, 5.74) is 0. The van der Waals surface area contributed by atoms with E-state index in [4.69, 9.17) is 14.5 Å². The number of carbonyl (C=O) groups excluding carboxylic acids is 1. The highest BCUT2D eigenvalue weighted by molar-refractivity contribution is 5.81. The lowest BCUT2D eigenvalue weighted by molar-refractivity contribution is -0.338. The Balaban J connectivity index is 1.13. The molecule has 0 bridgehead atoms. The largest absolute Gasteiger partial charge is 0.481 e. The van der Waals surface area contributed by atoms with Crippen molar-refractivity contribution in [1.29, 1.82) is 0 Å². The van der Waals surface area contributed by atoms with E-state index in [0.717, 1.165) is 51.4 Å². The number of aliphatic hydroxyl groups is 2. The summed E-state index contributed by atoms with van der Waals surface area (Å²) in [4.78, 5) is 46.9. The Labute approximate surface area is 224 Å². The van der Waals surface area contributed by atoms with E-state index >= 15 is 0 Å². The molecule has 0 radical (unpaired) electrons. The molecule has 0 aromatic carbocycles. The summed E-state index contributed by atoms with van der Waals surface area (Å²) in [5.74, 6) is -3.46. The summed E-state index contributed by atoms with van der Waals surface area (Å²) in [5, 5.41) is 38.7. The maximum absolute atomic E-state index is 12.7. The molecule has 4 aliphatic rings. The van der Waals surface area contributed by atoms with E-state index in [0.29, 0.717) is 43.9 Å². The van der Waals surface area contributed by atoms with Gasteiger partial charge in [0.2, 0.25) is 0 Å². The van der Waals surface area contributed by atoms with Gasteiger partial charge in [-0.2, -0.15) is 0 Å². The van der Waals surface area contributed by atoms with Gasteiger partial charge in [-0.1, -0.05) is 0 Å². The van der Waals surface area contributed by atoms with Crippen LogP contribution < -0.4 is 0 Å². The van der Waals surface area contributed by atoms with Crippen molar-refractivity contribution < 1.29 is 49.3 Å². The molecule has 4 aliphatic carbocycles. The second-order valence-corrected chi connectivity index (χ2v) is 12.1. The van der Waals surface area contributed by atoms with Crippen molar-refractivity contribution in [1.82, 2.24) is 0 Å². The fourth-order valence-electron chi connectivity index (χ4n) is 7.26. The second-order valence-electron chi connectivity index (χ2n) is 12.1. The van der Waals surface area contributed by atoms with Crippen LogP contribution in [0.25, 0.3) is 0 Å². The molecule has 0 aromatic rings. The molecule has 0 spiro atoms. The van der Waals surface area contributed by atoms with Crippen molar-refractivity contribution in [2.75, 3.05) is 6.61 Å². The molecule has 38 heavy (non-hydrogen) atoms. The number of carbonyl (C=O) groups is 3. The van der Waals surface area contributed by atoms with Gasteiger partial charge in [-0.15, -0.1) is 0 Å². The highest BCUT2D eigenvalue weighted by atomic mass is 17.2. The number of hydrogen-bond acceptors (Lipinski definition) is 8. The quantitative estimate of drug-likeness (QED) is 0.194. The Morgan fingerprint density at radius 1 is 0.605 bits per heavy atom. The fraction of sp³-hybridized carbons (Fsp3) is 0.893. The molecular weight excluding hydrogens is 496 g/mol. The first-order valence-electron chi connectivity index (χ1n) is 14.5. The van der Waals surface area contributed by atoms with Gasteiger partial charge in [0, 0.05) is 5.92 Å². The third kappa shape index (κ3) is 7.67. The highest BCUT2D eigenvalue weighted by Gasteiger charge is 2.41. The van der Waals surface area contributed by atoms with Crippen LogP contribution in [0.15, 0.2) is 0 Å². The average Bonchev–Trinajstić information content (AvgIpc) is 2.89. The van der Waals surface area contributed by atoms with Crippen LogP contribution in [-0.2, 0) is 28.9 Å². The first-order chi connectivity index (χ1) is 18.2. The van der Waals surface area contributed by atoms with E-state index in [9.17, 15) is 34.8 Å². The van der Waals surface area contributed by atoms with Crippen LogP contribution in [0.1, 0.15) is 89.9 Å². The Hall–Kier alpha value is -1.75. The zero-order chi connectivity index (χ0) is 27.2. The predicted octanol–water partition coefficient (Wildman–Crippen LogP) is 3.32. The van der Waals surface area contributed by atoms with Crippen LogP contribution >= 0.6 is 0 Å². The predicted molar refractivity (Wildman–Crippen MR) is 134 cm³/mol. The highest BCUT2D eigenvalue weighted by Crippen LogP contribution is 2.40. The molecule has 4 saturated carbocycles. The topological polar surface area (TPSA) is 160 Å². The fourth-order valence-corrected chi connectivity index (χ4v) is 7.26. The number of ether oxygens (including phenoxy) is 1. The summed E-state index contributed by atoms with van der Waals surface area (Å²) in [7, 11) is 0. The van der Waals surface area contributed by atoms with Gasteiger partial charge in [0.15, 0.2) is 0 Å². The first kappa shape index (κ1) is 29.2. The number of rotatable bonds is 9. The smallest absolute Gasteiger partial charge is 0.310 e. The Kier molecular flexibility index (Phi) is 10.4. The number of aliphatic hydroxyl groups excluding tert-OH is 2. The minimum Gasteiger partial charge on any atom is -0.481 e. The van der Waals surface area contributed by atoms with Crippen LogP contribution in [0.5, 0.6) is 0 Å². The standard InChI is InChI=1S/C28H44O10/c29-19-5-11-23(26(31)32)18(13-19)15-36-38-22-9-3-17(4-10-22)16-1-7-21(8-2-16)37-28(35)25-14-20(30)6-12-24(25)27(33)34/h16-25,29-30H,1-15H2,(H,31,32)(H,33,34). The summed E-state index contributed by atoms with van der Waals surface area (Å²) in [6.45, 7) is 0.184. The van der Waals surface area contributed by atoms with Crippen molar-refractivity contribution in [3.8, 4) is 0 Å². The maximum Gasteiger partial charge on any atom is 0.310 e. The number of aliphatic carboxylic acids is 2.